The van der Waals surface area contributed by atoms with Gasteiger partial charge in [0.25, 0.3) is 0 Å². The van der Waals surface area contributed by atoms with E-state index in [1.807, 2.05) is 13.0 Å². The molecule has 1 saturated carbocycles. The van der Waals surface area contributed by atoms with Gasteiger partial charge < -0.3 is 5.32 Å². The first-order valence-corrected chi connectivity index (χ1v) is 7.11. The number of rotatable bonds is 3. The summed E-state index contributed by atoms with van der Waals surface area (Å²) in [6.07, 6.45) is 4.97. The molecule has 0 heterocycles. The summed E-state index contributed by atoms with van der Waals surface area (Å²) >= 11 is 3.21. The molecule has 0 bridgehead atoms. The van der Waals surface area contributed by atoms with Crippen LogP contribution in [0.3, 0.4) is 0 Å². The summed E-state index contributed by atoms with van der Waals surface area (Å²) in [6, 6.07) is 3.95. The minimum atomic E-state index is -0.192. The number of anilines is 1. The Balaban J connectivity index is 2.06. The van der Waals surface area contributed by atoms with Crippen LogP contribution in [0, 0.1) is 18.7 Å². The zero-order valence-corrected chi connectivity index (χ0v) is 12.0. The highest BCUT2D eigenvalue weighted by molar-refractivity contribution is 9.10. The maximum absolute atomic E-state index is 13.5. The molecule has 94 valence electrons. The average molecular weight is 300 g/mol. The van der Waals surface area contributed by atoms with E-state index >= 15 is 0 Å². The van der Waals surface area contributed by atoms with Crippen LogP contribution < -0.4 is 5.32 Å². The highest BCUT2D eigenvalue weighted by Crippen LogP contribution is 2.32. The molecule has 1 aromatic rings. The minimum absolute atomic E-state index is 0.192. The second-order valence-electron chi connectivity index (χ2n) is 5.01. The third-order valence-corrected chi connectivity index (χ3v) is 4.35. The molecule has 2 atom stereocenters. The maximum atomic E-state index is 13.5. The molecular weight excluding hydrogens is 281 g/mol. The van der Waals surface area contributed by atoms with Gasteiger partial charge in [-0.15, -0.1) is 0 Å². The number of hydrogen-bond donors (Lipinski definition) is 1. The van der Waals surface area contributed by atoms with Crippen molar-refractivity contribution in [2.45, 2.75) is 45.6 Å². The molecule has 1 aliphatic carbocycles. The fourth-order valence-corrected chi connectivity index (χ4v) is 3.06. The van der Waals surface area contributed by atoms with Gasteiger partial charge in [-0.2, -0.15) is 0 Å². The van der Waals surface area contributed by atoms with Crippen LogP contribution in [0.2, 0.25) is 0 Å². The number of nitrogens with one attached hydrogen (secondary N) is 1. The van der Waals surface area contributed by atoms with Gasteiger partial charge in [-0.3, -0.25) is 0 Å². The van der Waals surface area contributed by atoms with Gasteiger partial charge in [-0.05, 0) is 65.7 Å². The van der Waals surface area contributed by atoms with Crippen LogP contribution >= 0.6 is 15.9 Å². The summed E-state index contributed by atoms with van der Waals surface area (Å²) in [6.45, 7) is 4.26. The van der Waals surface area contributed by atoms with E-state index in [1.54, 1.807) is 6.07 Å². The Morgan fingerprint density at radius 2 is 2.18 bits per heavy atom. The van der Waals surface area contributed by atoms with E-state index in [2.05, 4.69) is 28.2 Å². The minimum Gasteiger partial charge on any atom is -0.382 e. The van der Waals surface area contributed by atoms with Gasteiger partial charge >= 0.3 is 0 Å². The van der Waals surface area contributed by atoms with Crippen molar-refractivity contribution >= 4 is 21.6 Å². The number of halogens is 2. The van der Waals surface area contributed by atoms with Crippen LogP contribution in [-0.4, -0.2) is 6.04 Å². The maximum Gasteiger partial charge on any atom is 0.139 e. The van der Waals surface area contributed by atoms with Crippen molar-refractivity contribution in [1.82, 2.24) is 0 Å². The van der Waals surface area contributed by atoms with Gasteiger partial charge in [0.15, 0.2) is 0 Å². The van der Waals surface area contributed by atoms with Crippen molar-refractivity contribution < 1.29 is 4.39 Å². The topological polar surface area (TPSA) is 12.0 Å². The van der Waals surface area contributed by atoms with Crippen molar-refractivity contribution in [2.75, 3.05) is 5.32 Å². The zero-order valence-electron chi connectivity index (χ0n) is 10.4. The Hall–Kier alpha value is -0.570. The van der Waals surface area contributed by atoms with E-state index in [9.17, 15) is 4.39 Å². The molecule has 0 aromatic heterocycles. The van der Waals surface area contributed by atoms with Crippen LogP contribution in [0.15, 0.2) is 16.6 Å². The van der Waals surface area contributed by atoms with Crippen LogP contribution in [0.25, 0.3) is 0 Å². The molecule has 2 rings (SSSR count). The van der Waals surface area contributed by atoms with E-state index < -0.39 is 0 Å². The fourth-order valence-electron chi connectivity index (χ4n) is 2.60. The molecule has 1 fully saturated rings. The molecule has 1 aromatic carbocycles. The van der Waals surface area contributed by atoms with Crippen LogP contribution in [0.1, 0.15) is 38.2 Å². The van der Waals surface area contributed by atoms with Crippen molar-refractivity contribution in [1.29, 1.82) is 0 Å². The van der Waals surface area contributed by atoms with Crippen LogP contribution in [0.4, 0.5) is 10.1 Å². The lowest BCUT2D eigenvalue weighted by atomic mass is 10.1. The predicted molar refractivity (Wildman–Crippen MR) is 73.9 cm³/mol. The summed E-state index contributed by atoms with van der Waals surface area (Å²) in [5.74, 6) is 0.649. The van der Waals surface area contributed by atoms with E-state index in [-0.39, 0.29) is 5.82 Å². The lowest BCUT2D eigenvalue weighted by Crippen LogP contribution is -2.16. The molecule has 2 unspecified atom stereocenters. The van der Waals surface area contributed by atoms with Gasteiger partial charge in [0.2, 0.25) is 0 Å². The highest BCUT2D eigenvalue weighted by Gasteiger charge is 2.23. The lowest BCUT2D eigenvalue weighted by Gasteiger charge is -2.17. The van der Waals surface area contributed by atoms with Gasteiger partial charge in [0.1, 0.15) is 5.82 Å². The fraction of sp³-hybridized carbons (Fsp3) is 0.571. The molecule has 0 aliphatic heterocycles. The van der Waals surface area contributed by atoms with Gasteiger partial charge in [-0.1, -0.05) is 13.3 Å². The SMILES string of the molecule is CCC1CCC(Nc2cc(F)c(Br)cc2C)C1. The highest BCUT2D eigenvalue weighted by atomic mass is 79.9. The summed E-state index contributed by atoms with van der Waals surface area (Å²) in [5.41, 5.74) is 2.03. The third kappa shape index (κ3) is 3.01. The van der Waals surface area contributed by atoms with Crippen molar-refractivity contribution in [3.63, 3.8) is 0 Å². The number of hydrogen-bond acceptors (Lipinski definition) is 1. The van der Waals surface area contributed by atoms with Gasteiger partial charge in [0, 0.05) is 11.7 Å². The van der Waals surface area contributed by atoms with E-state index in [4.69, 9.17) is 0 Å². The summed E-state index contributed by atoms with van der Waals surface area (Å²) < 4.78 is 14.0. The Bertz CT molecular complexity index is 405. The molecular formula is C14H19BrFN. The molecule has 17 heavy (non-hydrogen) atoms. The Kier molecular flexibility index (Phi) is 4.08. The average Bonchev–Trinajstić information content (AvgIpc) is 2.73. The summed E-state index contributed by atoms with van der Waals surface area (Å²) in [7, 11) is 0. The Labute approximate surface area is 111 Å². The predicted octanol–water partition coefficient (Wildman–Crippen LogP) is 4.89. The first-order chi connectivity index (χ1) is 8.10. The molecule has 1 aliphatic rings. The number of benzene rings is 1. The smallest absolute Gasteiger partial charge is 0.139 e. The molecule has 1 nitrogen and oxygen atoms in total. The second-order valence-corrected chi connectivity index (χ2v) is 5.86. The first-order valence-electron chi connectivity index (χ1n) is 6.32. The largest absolute Gasteiger partial charge is 0.382 e. The normalized spacial score (nSPS) is 24.0. The molecule has 3 heteroatoms. The summed E-state index contributed by atoms with van der Waals surface area (Å²) in [4.78, 5) is 0. The Morgan fingerprint density at radius 1 is 1.41 bits per heavy atom. The lowest BCUT2D eigenvalue weighted by molar-refractivity contribution is 0.525. The first kappa shape index (κ1) is 12.9. The molecule has 0 saturated heterocycles. The van der Waals surface area contributed by atoms with E-state index in [0.717, 1.165) is 17.2 Å². The third-order valence-electron chi connectivity index (χ3n) is 3.75. The molecule has 0 amide bonds. The van der Waals surface area contributed by atoms with Crippen molar-refractivity contribution in [3.05, 3.63) is 28.0 Å². The van der Waals surface area contributed by atoms with Crippen LogP contribution in [-0.2, 0) is 0 Å². The van der Waals surface area contributed by atoms with E-state index in [1.165, 1.54) is 25.7 Å². The standard InChI is InChI=1S/C14H19BrFN/c1-3-10-4-5-11(7-10)17-14-8-13(16)12(15)6-9(14)2/h6,8,10-11,17H,3-5,7H2,1-2H3. The van der Waals surface area contributed by atoms with Crippen LogP contribution in [0.5, 0.6) is 0 Å². The monoisotopic (exact) mass is 299 g/mol. The van der Waals surface area contributed by atoms with Crippen molar-refractivity contribution in [2.24, 2.45) is 5.92 Å². The van der Waals surface area contributed by atoms with E-state index in [0.29, 0.717) is 10.5 Å². The molecule has 1 N–H and O–H groups in total. The molecule has 0 radical (unpaired) electrons. The Morgan fingerprint density at radius 3 is 2.82 bits per heavy atom. The molecule has 0 spiro atoms. The zero-order chi connectivity index (χ0) is 12.4. The van der Waals surface area contributed by atoms with Crippen molar-refractivity contribution in [3.8, 4) is 0 Å². The van der Waals surface area contributed by atoms with Gasteiger partial charge in [0.05, 0.1) is 4.47 Å². The summed E-state index contributed by atoms with van der Waals surface area (Å²) in [5, 5.41) is 3.48. The van der Waals surface area contributed by atoms with Gasteiger partial charge in [-0.25, -0.2) is 4.39 Å². The second kappa shape index (κ2) is 5.38. The quantitative estimate of drug-likeness (QED) is 0.838. The number of aryl methyl sites for hydroxylation is 1.